The molecular weight excluding hydrogens is 338 g/mol. The van der Waals surface area contributed by atoms with Gasteiger partial charge in [0.1, 0.15) is 5.56 Å². The van der Waals surface area contributed by atoms with Gasteiger partial charge in [0.2, 0.25) is 0 Å². The highest BCUT2D eigenvalue weighted by Gasteiger charge is 2.39. The lowest BCUT2D eigenvalue weighted by Crippen LogP contribution is -2.49. The maximum Gasteiger partial charge on any atom is 0.263 e. The highest BCUT2D eigenvalue weighted by molar-refractivity contribution is 5.97. The molecule has 2 saturated heterocycles. The van der Waals surface area contributed by atoms with Gasteiger partial charge in [0.05, 0.1) is 5.52 Å². The molecule has 0 saturated carbocycles. The number of fused-ring (bicyclic) bond motifs is 3. The first-order valence-electron chi connectivity index (χ1n) is 10.2. The number of rotatable bonds is 5. The molecule has 5 nitrogen and oxygen atoms in total. The molecule has 1 N–H and O–H groups in total. The molecule has 3 heterocycles. The molecule has 3 atom stereocenters. The van der Waals surface area contributed by atoms with Gasteiger partial charge in [-0.2, -0.15) is 0 Å². The third kappa shape index (κ3) is 3.41. The van der Waals surface area contributed by atoms with E-state index >= 15 is 0 Å². The highest BCUT2D eigenvalue weighted by atomic mass is 16.2. The third-order valence-electron chi connectivity index (χ3n) is 6.42. The van der Waals surface area contributed by atoms with Crippen LogP contribution in [0, 0.1) is 0 Å². The lowest BCUT2D eigenvalue weighted by atomic mass is 9.97. The summed E-state index contributed by atoms with van der Waals surface area (Å²) in [5.41, 5.74) is 1.01. The Morgan fingerprint density at radius 1 is 1.19 bits per heavy atom. The number of nitrogens with one attached hydrogen (secondary N) is 1. The molecule has 2 aromatic rings. The maximum atomic E-state index is 13.1. The largest absolute Gasteiger partial charge is 0.349 e. The topological polar surface area (TPSA) is 54.3 Å². The monoisotopic (exact) mass is 367 g/mol. The van der Waals surface area contributed by atoms with Gasteiger partial charge < -0.3 is 14.8 Å². The van der Waals surface area contributed by atoms with Crippen molar-refractivity contribution in [3.63, 3.8) is 0 Å². The molecule has 1 amide bonds. The number of hydrogen-bond donors (Lipinski definition) is 1. The number of piperidine rings is 1. The number of hydrogen-bond acceptors (Lipinski definition) is 3. The molecule has 0 spiro atoms. The molecule has 2 fully saturated rings. The average Bonchev–Trinajstić information content (AvgIpc) is 2.88. The zero-order valence-electron chi connectivity index (χ0n) is 16.3. The predicted molar refractivity (Wildman–Crippen MR) is 108 cm³/mol. The highest BCUT2D eigenvalue weighted by Crippen LogP contribution is 2.34. The van der Waals surface area contributed by atoms with Crippen LogP contribution in [0.3, 0.4) is 0 Å². The zero-order chi connectivity index (χ0) is 19.0. The van der Waals surface area contributed by atoms with Crippen molar-refractivity contribution < 1.29 is 4.79 Å². The summed E-state index contributed by atoms with van der Waals surface area (Å²) >= 11 is 0. The smallest absolute Gasteiger partial charge is 0.263 e. The lowest BCUT2D eigenvalue weighted by Gasteiger charge is -2.36. The van der Waals surface area contributed by atoms with Crippen molar-refractivity contribution in [2.75, 3.05) is 7.05 Å². The SMILES string of the molecule is CCCCn1c(=O)c(C(=O)NC2C[C@H]3CC[C@@H](C2)N3C)cc2ccccc21. The summed E-state index contributed by atoms with van der Waals surface area (Å²) in [6.45, 7) is 2.76. The Labute approximate surface area is 160 Å². The Kier molecular flexibility index (Phi) is 5.04. The number of carbonyl (C=O) groups excluding carboxylic acids is 1. The van der Waals surface area contributed by atoms with E-state index < -0.39 is 0 Å². The summed E-state index contributed by atoms with van der Waals surface area (Å²) in [5, 5.41) is 4.11. The number of aryl methyl sites for hydroxylation is 1. The van der Waals surface area contributed by atoms with Crippen LogP contribution in [0.2, 0.25) is 0 Å². The fourth-order valence-electron chi connectivity index (χ4n) is 4.82. The van der Waals surface area contributed by atoms with Crippen molar-refractivity contribution in [2.24, 2.45) is 0 Å². The number of pyridine rings is 1. The van der Waals surface area contributed by atoms with Crippen LogP contribution in [0.1, 0.15) is 55.8 Å². The first kappa shape index (κ1) is 18.2. The van der Waals surface area contributed by atoms with Crippen LogP contribution in [0.25, 0.3) is 10.9 Å². The molecule has 27 heavy (non-hydrogen) atoms. The minimum Gasteiger partial charge on any atom is -0.349 e. The van der Waals surface area contributed by atoms with Crippen LogP contribution in [0.4, 0.5) is 0 Å². The molecule has 144 valence electrons. The number of para-hydroxylation sites is 1. The van der Waals surface area contributed by atoms with Crippen LogP contribution in [-0.4, -0.2) is 40.5 Å². The lowest BCUT2D eigenvalue weighted by molar-refractivity contribution is 0.0880. The molecule has 0 radical (unpaired) electrons. The number of unbranched alkanes of at least 4 members (excludes halogenated alkanes) is 1. The molecule has 1 unspecified atom stereocenters. The summed E-state index contributed by atoms with van der Waals surface area (Å²) < 4.78 is 1.77. The molecule has 2 aliphatic rings. The second-order valence-corrected chi connectivity index (χ2v) is 8.12. The second-order valence-electron chi connectivity index (χ2n) is 8.12. The van der Waals surface area contributed by atoms with Crippen molar-refractivity contribution in [1.29, 1.82) is 0 Å². The number of carbonyl (C=O) groups is 1. The van der Waals surface area contributed by atoms with E-state index in [0.717, 1.165) is 36.6 Å². The van der Waals surface area contributed by atoms with Crippen molar-refractivity contribution >= 4 is 16.8 Å². The fourth-order valence-corrected chi connectivity index (χ4v) is 4.82. The Morgan fingerprint density at radius 2 is 1.89 bits per heavy atom. The van der Waals surface area contributed by atoms with Crippen LogP contribution >= 0.6 is 0 Å². The minimum absolute atomic E-state index is 0.168. The average molecular weight is 367 g/mol. The van der Waals surface area contributed by atoms with E-state index in [4.69, 9.17) is 0 Å². The summed E-state index contributed by atoms with van der Waals surface area (Å²) in [6, 6.07) is 10.9. The molecule has 1 aromatic carbocycles. The van der Waals surface area contributed by atoms with Gasteiger partial charge in [-0.05, 0) is 56.7 Å². The molecule has 2 bridgehead atoms. The van der Waals surface area contributed by atoms with Crippen molar-refractivity contribution in [3.05, 3.63) is 46.2 Å². The number of benzene rings is 1. The second kappa shape index (κ2) is 7.47. The molecular formula is C22H29N3O2. The maximum absolute atomic E-state index is 13.1. The van der Waals surface area contributed by atoms with E-state index in [-0.39, 0.29) is 23.1 Å². The van der Waals surface area contributed by atoms with E-state index in [2.05, 4.69) is 24.2 Å². The van der Waals surface area contributed by atoms with Crippen molar-refractivity contribution in [1.82, 2.24) is 14.8 Å². The van der Waals surface area contributed by atoms with E-state index in [1.54, 1.807) is 10.6 Å². The van der Waals surface area contributed by atoms with Crippen LogP contribution in [0.15, 0.2) is 35.1 Å². The fraction of sp³-hybridized carbons (Fsp3) is 0.545. The summed E-state index contributed by atoms with van der Waals surface area (Å²) in [4.78, 5) is 28.5. The quantitative estimate of drug-likeness (QED) is 0.883. The zero-order valence-corrected chi connectivity index (χ0v) is 16.3. The van der Waals surface area contributed by atoms with Gasteiger partial charge in [-0.15, -0.1) is 0 Å². The van der Waals surface area contributed by atoms with Gasteiger partial charge in [0.15, 0.2) is 0 Å². The van der Waals surface area contributed by atoms with E-state index in [0.29, 0.717) is 18.6 Å². The molecule has 0 aliphatic carbocycles. The van der Waals surface area contributed by atoms with E-state index in [9.17, 15) is 9.59 Å². The molecule has 2 aliphatic heterocycles. The first-order chi connectivity index (χ1) is 13.1. The summed E-state index contributed by atoms with van der Waals surface area (Å²) in [7, 11) is 2.19. The summed E-state index contributed by atoms with van der Waals surface area (Å²) in [6.07, 6.45) is 6.33. The predicted octanol–water partition coefficient (Wildman–Crippen LogP) is 3.16. The standard InChI is InChI=1S/C22H29N3O2/c1-3-4-11-25-20-8-6-5-7-15(20)12-19(22(25)27)21(26)23-16-13-17-9-10-18(14-16)24(17)2/h5-8,12,16-18H,3-4,9-11,13-14H2,1-2H3,(H,23,26)/t16?,17-,18+. The third-order valence-corrected chi connectivity index (χ3v) is 6.42. The van der Waals surface area contributed by atoms with Crippen molar-refractivity contribution in [2.45, 2.75) is 70.1 Å². The van der Waals surface area contributed by atoms with Gasteiger partial charge in [0, 0.05) is 24.7 Å². The minimum atomic E-state index is -0.218. The number of nitrogens with zero attached hydrogens (tertiary/aromatic N) is 2. The Hall–Kier alpha value is -2.14. The Balaban J connectivity index is 1.62. The van der Waals surface area contributed by atoms with Crippen LogP contribution in [-0.2, 0) is 6.54 Å². The van der Waals surface area contributed by atoms with Gasteiger partial charge >= 0.3 is 0 Å². The van der Waals surface area contributed by atoms with E-state index in [1.807, 2.05) is 24.3 Å². The van der Waals surface area contributed by atoms with Gasteiger partial charge in [-0.1, -0.05) is 31.5 Å². The Bertz CT molecular complexity index is 890. The van der Waals surface area contributed by atoms with Crippen LogP contribution in [0.5, 0.6) is 0 Å². The molecule has 5 heteroatoms. The molecule has 4 rings (SSSR count). The van der Waals surface area contributed by atoms with Crippen molar-refractivity contribution in [3.8, 4) is 0 Å². The van der Waals surface area contributed by atoms with Gasteiger partial charge in [0.25, 0.3) is 11.5 Å². The molecule has 1 aromatic heterocycles. The van der Waals surface area contributed by atoms with E-state index in [1.165, 1.54) is 12.8 Å². The number of aromatic nitrogens is 1. The van der Waals surface area contributed by atoms with Gasteiger partial charge in [-0.3, -0.25) is 9.59 Å². The summed E-state index contributed by atoms with van der Waals surface area (Å²) in [5.74, 6) is -0.218. The van der Waals surface area contributed by atoms with Gasteiger partial charge in [-0.25, -0.2) is 0 Å². The first-order valence-corrected chi connectivity index (χ1v) is 10.2. The normalized spacial score (nSPS) is 25.0. The van der Waals surface area contributed by atoms with Crippen LogP contribution < -0.4 is 10.9 Å². The Morgan fingerprint density at radius 3 is 2.59 bits per heavy atom. The number of amides is 1.